The van der Waals surface area contributed by atoms with Crippen LogP contribution in [-0.4, -0.2) is 33.1 Å². The Morgan fingerprint density at radius 3 is 2.27 bits per heavy atom. The van der Waals surface area contributed by atoms with E-state index in [9.17, 15) is 19.5 Å². The summed E-state index contributed by atoms with van der Waals surface area (Å²) in [6, 6.07) is 11.5. The van der Waals surface area contributed by atoms with Crippen molar-refractivity contribution < 1.29 is 24.2 Å². The van der Waals surface area contributed by atoms with Gasteiger partial charge in [0, 0.05) is 21.5 Å². The van der Waals surface area contributed by atoms with Crippen LogP contribution < -0.4 is 0 Å². The van der Waals surface area contributed by atoms with Crippen molar-refractivity contribution in [2.45, 2.75) is 39.7 Å². The molecule has 0 saturated heterocycles. The molecule has 0 bridgehead atoms. The zero-order valence-electron chi connectivity index (χ0n) is 17.2. The molecule has 2 aromatic carbocycles. The molecule has 3 rings (SSSR count). The van der Waals surface area contributed by atoms with E-state index < -0.39 is 29.9 Å². The second-order valence-corrected chi connectivity index (χ2v) is 8.51. The number of fused-ring (bicyclic) bond motifs is 1. The van der Waals surface area contributed by atoms with E-state index >= 15 is 0 Å². The highest BCUT2D eigenvalue weighted by atomic mass is 35.5. The molecule has 0 unspecified atom stereocenters. The lowest BCUT2D eigenvalue weighted by molar-refractivity contribution is -0.136. The van der Waals surface area contributed by atoms with E-state index in [0.717, 1.165) is 5.56 Å². The largest absolute Gasteiger partial charge is 0.481 e. The third-order valence-electron chi connectivity index (χ3n) is 4.45. The quantitative estimate of drug-likeness (QED) is 0.575. The molecule has 156 valence electrons. The normalized spacial score (nSPS) is 11.5. The van der Waals surface area contributed by atoms with Gasteiger partial charge in [-0.25, -0.2) is 9.36 Å². The van der Waals surface area contributed by atoms with Gasteiger partial charge in [0.2, 0.25) is 5.78 Å². The van der Waals surface area contributed by atoms with Gasteiger partial charge in [0.05, 0.1) is 11.9 Å². The predicted octanol–water partition coefficient (Wildman–Crippen LogP) is 5.24. The van der Waals surface area contributed by atoms with Crippen LogP contribution in [0.5, 0.6) is 0 Å². The van der Waals surface area contributed by atoms with Crippen molar-refractivity contribution in [2.24, 2.45) is 0 Å². The molecule has 1 aromatic heterocycles. The fraction of sp³-hybridized carbons (Fsp3) is 0.261. The molecule has 0 aliphatic rings. The summed E-state index contributed by atoms with van der Waals surface area (Å²) < 4.78 is 6.72. The molecule has 0 aliphatic heterocycles. The summed E-state index contributed by atoms with van der Waals surface area (Å²) in [6.07, 6.45) is -1.16. The van der Waals surface area contributed by atoms with Gasteiger partial charge in [-0.2, -0.15) is 0 Å². The van der Waals surface area contributed by atoms with E-state index in [1.165, 1.54) is 16.7 Å². The maximum absolute atomic E-state index is 13.4. The summed E-state index contributed by atoms with van der Waals surface area (Å²) in [6.45, 7) is 7.02. The molecular weight excluding hydrogens is 406 g/mol. The van der Waals surface area contributed by atoms with Crippen molar-refractivity contribution in [3.8, 4) is 0 Å². The molecule has 0 fully saturated rings. The van der Waals surface area contributed by atoms with Crippen LogP contribution in [0.3, 0.4) is 0 Å². The molecule has 0 spiro atoms. The van der Waals surface area contributed by atoms with Crippen molar-refractivity contribution in [3.05, 3.63) is 69.9 Å². The van der Waals surface area contributed by atoms with Gasteiger partial charge in [-0.3, -0.25) is 9.59 Å². The summed E-state index contributed by atoms with van der Waals surface area (Å²) in [7, 11) is 0. The van der Waals surface area contributed by atoms with Crippen LogP contribution in [0.1, 0.15) is 48.0 Å². The molecule has 0 aliphatic carbocycles. The number of carboxylic acids is 1. The fourth-order valence-electron chi connectivity index (χ4n) is 3.27. The third kappa shape index (κ3) is 4.39. The van der Waals surface area contributed by atoms with Crippen molar-refractivity contribution in [3.63, 3.8) is 0 Å². The van der Waals surface area contributed by atoms with E-state index in [1.54, 1.807) is 45.0 Å². The van der Waals surface area contributed by atoms with Crippen molar-refractivity contribution in [1.82, 2.24) is 4.57 Å². The van der Waals surface area contributed by atoms with E-state index in [1.807, 2.05) is 13.0 Å². The highest BCUT2D eigenvalue weighted by Crippen LogP contribution is 2.31. The third-order valence-corrected chi connectivity index (χ3v) is 4.71. The van der Waals surface area contributed by atoms with Crippen LogP contribution in [0.25, 0.3) is 10.9 Å². The van der Waals surface area contributed by atoms with Gasteiger partial charge >= 0.3 is 12.1 Å². The zero-order chi connectivity index (χ0) is 22.2. The second kappa shape index (κ2) is 7.95. The second-order valence-electron chi connectivity index (χ2n) is 8.07. The standard InChI is InChI=1S/C23H22ClNO5/c1-13-5-10-16-17(12-19(26)27)20(21(28)14-6-8-15(24)9-7-14)25(18(16)11-13)22(29)30-23(2,3)4/h5-11H,12H2,1-4H3,(H,26,27). The SMILES string of the molecule is Cc1ccc2c(CC(=O)O)c(C(=O)c3ccc(Cl)cc3)n(C(=O)OC(C)(C)C)c2c1. The average Bonchev–Trinajstić information content (AvgIpc) is 2.93. The van der Waals surface area contributed by atoms with Crippen LogP contribution in [0.2, 0.25) is 5.02 Å². The number of carbonyl (C=O) groups excluding carboxylic acids is 2. The Morgan fingerprint density at radius 1 is 1.07 bits per heavy atom. The first-order valence-corrected chi connectivity index (χ1v) is 9.75. The van der Waals surface area contributed by atoms with Crippen LogP contribution in [-0.2, 0) is 16.0 Å². The molecule has 0 atom stereocenters. The van der Waals surface area contributed by atoms with Gasteiger partial charge < -0.3 is 9.84 Å². The fourth-order valence-corrected chi connectivity index (χ4v) is 3.39. The van der Waals surface area contributed by atoms with Crippen molar-refractivity contribution >= 4 is 40.3 Å². The number of carbonyl (C=O) groups is 3. The minimum absolute atomic E-state index is 0.0189. The number of benzene rings is 2. The van der Waals surface area contributed by atoms with Crippen LogP contribution in [0, 0.1) is 6.92 Å². The first-order chi connectivity index (χ1) is 14.0. The lowest BCUT2D eigenvalue weighted by Gasteiger charge is -2.21. The maximum atomic E-state index is 13.4. The van der Waals surface area contributed by atoms with E-state index in [2.05, 4.69) is 0 Å². The molecule has 1 N–H and O–H groups in total. The number of rotatable bonds is 4. The smallest absolute Gasteiger partial charge is 0.419 e. The molecule has 0 radical (unpaired) electrons. The Hall–Kier alpha value is -3.12. The van der Waals surface area contributed by atoms with Crippen LogP contribution in [0.15, 0.2) is 42.5 Å². The first-order valence-electron chi connectivity index (χ1n) is 9.37. The molecule has 6 nitrogen and oxygen atoms in total. The Kier molecular flexibility index (Phi) is 5.72. The molecule has 30 heavy (non-hydrogen) atoms. The maximum Gasteiger partial charge on any atom is 0.419 e. The molecular formula is C23H22ClNO5. The number of hydrogen-bond acceptors (Lipinski definition) is 4. The number of aliphatic carboxylic acids is 1. The minimum atomic E-state index is -1.11. The number of ketones is 1. The summed E-state index contributed by atoms with van der Waals surface area (Å²) in [5.41, 5.74) is 1.02. The topological polar surface area (TPSA) is 85.6 Å². The lowest BCUT2D eigenvalue weighted by Crippen LogP contribution is -2.29. The highest BCUT2D eigenvalue weighted by Gasteiger charge is 2.30. The Morgan fingerprint density at radius 2 is 1.70 bits per heavy atom. The van der Waals surface area contributed by atoms with Crippen molar-refractivity contribution in [1.29, 1.82) is 0 Å². The number of aromatic nitrogens is 1. The average molecular weight is 428 g/mol. The number of ether oxygens (including phenoxy) is 1. The summed E-state index contributed by atoms with van der Waals surface area (Å²) in [5.74, 6) is -1.59. The summed E-state index contributed by atoms with van der Waals surface area (Å²) in [4.78, 5) is 38.1. The minimum Gasteiger partial charge on any atom is -0.481 e. The molecule has 1 heterocycles. The highest BCUT2D eigenvalue weighted by molar-refractivity contribution is 6.30. The van der Waals surface area contributed by atoms with Crippen LogP contribution >= 0.6 is 11.6 Å². The Labute approximate surface area is 179 Å². The number of hydrogen-bond donors (Lipinski definition) is 1. The van der Waals surface area contributed by atoms with Gasteiger partial charge in [0.25, 0.3) is 0 Å². The number of aryl methyl sites for hydroxylation is 1. The van der Waals surface area contributed by atoms with E-state index in [-0.39, 0.29) is 16.8 Å². The van der Waals surface area contributed by atoms with E-state index in [0.29, 0.717) is 15.9 Å². The number of carboxylic acid groups (broad SMARTS) is 1. The van der Waals surface area contributed by atoms with Gasteiger partial charge in [0.1, 0.15) is 11.3 Å². The number of halogens is 1. The van der Waals surface area contributed by atoms with E-state index in [4.69, 9.17) is 16.3 Å². The van der Waals surface area contributed by atoms with Gasteiger partial charge in [0.15, 0.2) is 0 Å². The van der Waals surface area contributed by atoms with Gasteiger partial charge in [-0.05, 0) is 63.6 Å². The first kappa shape index (κ1) is 21.6. The lowest BCUT2D eigenvalue weighted by atomic mass is 10.0. The van der Waals surface area contributed by atoms with Gasteiger partial charge in [-0.1, -0.05) is 23.7 Å². The van der Waals surface area contributed by atoms with Gasteiger partial charge in [-0.15, -0.1) is 0 Å². The monoisotopic (exact) mass is 427 g/mol. The van der Waals surface area contributed by atoms with Crippen molar-refractivity contribution in [2.75, 3.05) is 0 Å². The predicted molar refractivity (Wildman–Crippen MR) is 115 cm³/mol. The number of nitrogens with zero attached hydrogens (tertiary/aromatic N) is 1. The molecule has 0 saturated carbocycles. The summed E-state index contributed by atoms with van der Waals surface area (Å²) >= 11 is 5.93. The summed E-state index contributed by atoms with van der Waals surface area (Å²) in [5, 5.41) is 10.5. The molecule has 3 aromatic rings. The van der Waals surface area contributed by atoms with Crippen LogP contribution in [0.4, 0.5) is 4.79 Å². The Balaban J connectivity index is 2.34. The zero-order valence-corrected chi connectivity index (χ0v) is 17.9. The molecule has 7 heteroatoms. The Bertz CT molecular complexity index is 1150. The molecule has 0 amide bonds.